The first kappa shape index (κ1) is 16.6. The number of carbonyl (C=O) groups excluding carboxylic acids is 1. The number of rotatable bonds is 4. The maximum atomic E-state index is 12.3. The minimum atomic E-state index is -0.700. The number of ether oxygens (including phenoxy) is 1. The Morgan fingerprint density at radius 1 is 1.25 bits per heavy atom. The average Bonchev–Trinajstić information content (AvgIpc) is 3.07. The molecule has 0 saturated heterocycles. The van der Waals surface area contributed by atoms with Crippen LogP contribution in [0.3, 0.4) is 0 Å². The zero-order valence-electron chi connectivity index (χ0n) is 12.8. The molecule has 0 radical (unpaired) electrons. The molecule has 0 saturated carbocycles. The summed E-state index contributed by atoms with van der Waals surface area (Å²) in [5.74, 6) is 0.441. The predicted molar refractivity (Wildman–Crippen MR) is 94.1 cm³/mol. The van der Waals surface area contributed by atoms with Gasteiger partial charge in [0.15, 0.2) is 0 Å². The van der Waals surface area contributed by atoms with Crippen molar-refractivity contribution in [1.29, 1.82) is 0 Å². The molecule has 5 nitrogen and oxygen atoms in total. The summed E-state index contributed by atoms with van der Waals surface area (Å²) in [7, 11) is 1.60. The highest BCUT2D eigenvalue weighted by Crippen LogP contribution is 2.26. The van der Waals surface area contributed by atoms with Gasteiger partial charge in [0.1, 0.15) is 5.75 Å². The first-order chi connectivity index (χ1) is 11.6. The van der Waals surface area contributed by atoms with E-state index in [1.807, 2.05) is 24.3 Å². The summed E-state index contributed by atoms with van der Waals surface area (Å²) in [5, 5.41) is 7.59. The number of benzene rings is 2. The molecule has 0 aromatic heterocycles. The molecule has 24 heavy (non-hydrogen) atoms. The monoisotopic (exact) mass is 364 g/mol. The van der Waals surface area contributed by atoms with Gasteiger partial charge in [-0.25, -0.2) is 0 Å². The molecule has 7 heteroatoms. The summed E-state index contributed by atoms with van der Waals surface area (Å²) in [6.45, 7) is 0. The Labute approximate surface area is 149 Å². The van der Waals surface area contributed by atoms with Gasteiger partial charge in [0.25, 0.3) is 5.91 Å². The number of oxime groups is 1. The Hall–Kier alpha value is -2.24. The number of amides is 1. The fourth-order valence-corrected chi connectivity index (χ4v) is 2.73. The Bertz CT molecular complexity index is 791. The predicted octanol–water partition coefficient (Wildman–Crippen LogP) is 4.13. The van der Waals surface area contributed by atoms with Crippen LogP contribution in [0.4, 0.5) is 5.69 Å². The van der Waals surface area contributed by atoms with E-state index >= 15 is 0 Å². The summed E-state index contributed by atoms with van der Waals surface area (Å²) in [4.78, 5) is 17.6. The third kappa shape index (κ3) is 3.63. The zero-order valence-corrected chi connectivity index (χ0v) is 14.3. The number of nitrogens with one attached hydrogen (secondary N) is 1. The van der Waals surface area contributed by atoms with E-state index in [0.29, 0.717) is 27.9 Å². The Balaban J connectivity index is 1.64. The van der Waals surface area contributed by atoms with E-state index in [1.54, 1.807) is 25.3 Å². The van der Waals surface area contributed by atoms with E-state index in [2.05, 4.69) is 10.5 Å². The molecule has 1 unspecified atom stereocenters. The molecule has 1 heterocycles. The van der Waals surface area contributed by atoms with E-state index in [1.165, 1.54) is 0 Å². The maximum absolute atomic E-state index is 12.3. The lowest BCUT2D eigenvalue weighted by atomic mass is 10.0. The lowest BCUT2D eigenvalue weighted by Gasteiger charge is -2.11. The number of methoxy groups -OCH3 is 1. The van der Waals surface area contributed by atoms with Crippen LogP contribution in [-0.4, -0.2) is 24.8 Å². The summed E-state index contributed by atoms with van der Waals surface area (Å²) < 4.78 is 5.12. The van der Waals surface area contributed by atoms with Gasteiger partial charge in [-0.3, -0.25) is 4.79 Å². The second-order valence-electron chi connectivity index (χ2n) is 5.18. The number of anilines is 1. The zero-order chi connectivity index (χ0) is 17.1. The van der Waals surface area contributed by atoms with E-state index in [0.717, 1.165) is 11.3 Å². The van der Waals surface area contributed by atoms with Gasteiger partial charge in [-0.05, 0) is 48.0 Å². The number of carbonyl (C=O) groups is 1. The molecule has 0 spiro atoms. The van der Waals surface area contributed by atoms with Crippen molar-refractivity contribution in [2.24, 2.45) is 5.16 Å². The van der Waals surface area contributed by atoms with Crippen LogP contribution < -0.4 is 10.1 Å². The summed E-state index contributed by atoms with van der Waals surface area (Å²) >= 11 is 11.9. The summed E-state index contributed by atoms with van der Waals surface area (Å²) in [6, 6.07) is 12.3. The van der Waals surface area contributed by atoms with E-state index < -0.39 is 6.10 Å². The number of hydrogen-bond donors (Lipinski definition) is 1. The Morgan fingerprint density at radius 2 is 2.00 bits per heavy atom. The standard InChI is InChI=1S/C17H14Cl2N2O3/c1-23-12-5-2-10(3-6-12)15-9-16(24-21-15)17(22)20-14-7-4-11(18)8-13(14)19/h2-8,16H,9H2,1H3,(H,20,22). The highest BCUT2D eigenvalue weighted by Gasteiger charge is 2.29. The first-order valence-corrected chi connectivity index (χ1v) is 7.95. The SMILES string of the molecule is COc1ccc(C2=NOC(C(=O)Nc3ccc(Cl)cc3Cl)C2)cc1. The molecule has 0 bridgehead atoms. The van der Waals surface area contributed by atoms with Gasteiger partial charge in [0.05, 0.1) is 23.5 Å². The van der Waals surface area contributed by atoms with Gasteiger partial charge in [-0.15, -0.1) is 0 Å². The van der Waals surface area contributed by atoms with Crippen molar-refractivity contribution in [3.8, 4) is 5.75 Å². The molecular formula is C17H14Cl2N2O3. The smallest absolute Gasteiger partial charge is 0.268 e. The molecule has 0 aliphatic carbocycles. The number of nitrogens with zero attached hydrogens (tertiary/aromatic N) is 1. The van der Waals surface area contributed by atoms with E-state index in [4.69, 9.17) is 32.8 Å². The van der Waals surface area contributed by atoms with Crippen LogP contribution >= 0.6 is 23.2 Å². The van der Waals surface area contributed by atoms with Crippen LogP contribution in [-0.2, 0) is 9.63 Å². The van der Waals surface area contributed by atoms with Crippen LogP contribution in [0.1, 0.15) is 12.0 Å². The van der Waals surface area contributed by atoms with Gasteiger partial charge >= 0.3 is 0 Å². The third-order valence-electron chi connectivity index (χ3n) is 3.57. The highest BCUT2D eigenvalue weighted by atomic mass is 35.5. The molecule has 124 valence electrons. The summed E-state index contributed by atoms with van der Waals surface area (Å²) in [6.07, 6.45) is -0.322. The van der Waals surface area contributed by atoms with Crippen molar-refractivity contribution < 1.29 is 14.4 Å². The van der Waals surface area contributed by atoms with Gasteiger partial charge in [0, 0.05) is 11.4 Å². The normalized spacial score (nSPS) is 16.3. The molecule has 1 aliphatic rings. The topological polar surface area (TPSA) is 59.9 Å². The van der Waals surface area contributed by atoms with Crippen molar-refractivity contribution in [3.05, 3.63) is 58.1 Å². The van der Waals surface area contributed by atoms with Crippen LogP contribution in [0.15, 0.2) is 47.6 Å². The van der Waals surface area contributed by atoms with Gasteiger partial charge in [-0.1, -0.05) is 28.4 Å². The van der Waals surface area contributed by atoms with Gasteiger partial charge in [0.2, 0.25) is 6.10 Å². The fraction of sp³-hybridized carbons (Fsp3) is 0.176. The third-order valence-corrected chi connectivity index (χ3v) is 4.12. The van der Waals surface area contributed by atoms with Crippen molar-refractivity contribution in [3.63, 3.8) is 0 Å². The number of halogens is 2. The molecule has 1 aliphatic heterocycles. The molecule has 1 atom stereocenters. The molecule has 1 N–H and O–H groups in total. The fourth-order valence-electron chi connectivity index (χ4n) is 2.28. The molecular weight excluding hydrogens is 351 g/mol. The summed E-state index contributed by atoms with van der Waals surface area (Å²) in [5.41, 5.74) is 2.07. The minimum absolute atomic E-state index is 0.313. The largest absolute Gasteiger partial charge is 0.497 e. The van der Waals surface area contributed by atoms with Crippen LogP contribution in [0.2, 0.25) is 10.0 Å². The quantitative estimate of drug-likeness (QED) is 0.886. The van der Waals surface area contributed by atoms with Crippen LogP contribution in [0, 0.1) is 0 Å². The van der Waals surface area contributed by atoms with Crippen molar-refractivity contribution in [2.75, 3.05) is 12.4 Å². The second-order valence-corrected chi connectivity index (χ2v) is 6.02. The van der Waals surface area contributed by atoms with E-state index in [9.17, 15) is 4.79 Å². The van der Waals surface area contributed by atoms with Crippen molar-refractivity contribution in [1.82, 2.24) is 0 Å². The minimum Gasteiger partial charge on any atom is -0.497 e. The Morgan fingerprint density at radius 3 is 2.67 bits per heavy atom. The molecule has 3 rings (SSSR count). The maximum Gasteiger partial charge on any atom is 0.268 e. The molecule has 2 aromatic carbocycles. The Kier molecular flexibility index (Phi) is 4.92. The molecule has 1 amide bonds. The van der Waals surface area contributed by atoms with Gasteiger partial charge in [-0.2, -0.15) is 0 Å². The first-order valence-electron chi connectivity index (χ1n) is 7.20. The van der Waals surface area contributed by atoms with Crippen LogP contribution in [0.25, 0.3) is 0 Å². The van der Waals surface area contributed by atoms with Crippen molar-refractivity contribution >= 4 is 40.5 Å². The average molecular weight is 365 g/mol. The molecule has 0 fully saturated rings. The highest BCUT2D eigenvalue weighted by molar-refractivity contribution is 6.36. The number of hydrogen-bond acceptors (Lipinski definition) is 4. The van der Waals surface area contributed by atoms with Gasteiger partial charge < -0.3 is 14.9 Å². The van der Waals surface area contributed by atoms with E-state index in [-0.39, 0.29) is 5.91 Å². The lowest BCUT2D eigenvalue weighted by molar-refractivity contribution is -0.125. The lowest BCUT2D eigenvalue weighted by Crippen LogP contribution is -2.28. The van der Waals surface area contributed by atoms with Crippen LogP contribution in [0.5, 0.6) is 5.75 Å². The second kappa shape index (κ2) is 7.11. The van der Waals surface area contributed by atoms with Crippen molar-refractivity contribution in [2.45, 2.75) is 12.5 Å². The molecule has 2 aromatic rings.